The topological polar surface area (TPSA) is 76.1 Å². The lowest BCUT2D eigenvalue weighted by molar-refractivity contribution is 0.155. The second-order valence-electron chi connectivity index (χ2n) is 5.13. The van der Waals surface area contributed by atoms with E-state index in [2.05, 4.69) is 0 Å². The Hall–Kier alpha value is -0.950. The number of benzene rings is 1. The van der Waals surface area contributed by atoms with E-state index in [-0.39, 0.29) is 30.1 Å². The van der Waals surface area contributed by atoms with Crippen LogP contribution < -0.4 is 0 Å². The van der Waals surface area contributed by atoms with Crippen molar-refractivity contribution in [2.45, 2.75) is 30.8 Å². The second kappa shape index (κ2) is 6.67. The van der Waals surface area contributed by atoms with Crippen molar-refractivity contribution in [1.82, 2.24) is 0 Å². The summed E-state index contributed by atoms with van der Waals surface area (Å²) >= 11 is 0. The summed E-state index contributed by atoms with van der Waals surface area (Å²) in [6, 6.07) is 6.50. The molecule has 5 nitrogen and oxygen atoms in total. The van der Waals surface area contributed by atoms with Gasteiger partial charge in [-0.1, -0.05) is 17.7 Å². The van der Waals surface area contributed by atoms with Crippen LogP contribution in [0.2, 0.25) is 0 Å². The van der Waals surface area contributed by atoms with Gasteiger partial charge in [0.2, 0.25) is 0 Å². The van der Waals surface area contributed by atoms with Gasteiger partial charge in [0.1, 0.15) is 0 Å². The maximum Gasteiger partial charge on any atom is 0.296 e. The van der Waals surface area contributed by atoms with Crippen molar-refractivity contribution in [2.75, 3.05) is 19.8 Å². The Morgan fingerprint density at radius 3 is 2.60 bits per heavy atom. The molecule has 0 aromatic heterocycles. The van der Waals surface area contributed by atoms with Gasteiger partial charge in [-0.3, -0.25) is 4.18 Å². The molecule has 0 bridgehead atoms. The lowest BCUT2D eigenvalue weighted by Crippen LogP contribution is -2.18. The lowest BCUT2D eigenvalue weighted by Gasteiger charge is -2.13. The molecule has 1 fully saturated rings. The van der Waals surface area contributed by atoms with Crippen LogP contribution in [0.3, 0.4) is 0 Å². The molecule has 1 aromatic rings. The Morgan fingerprint density at radius 2 is 2.05 bits per heavy atom. The summed E-state index contributed by atoms with van der Waals surface area (Å²) in [7, 11) is -3.75. The van der Waals surface area contributed by atoms with Gasteiger partial charge in [-0.25, -0.2) is 0 Å². The van der Waals surface area contributed by atoms with Crippen LogP contribution in [0.4, 0.5) is 0 Å². The Morgan fingerprint density at radius 1 is 1.40 bits per heavy atom. The summed E-state index contributed by atoms with van der Waals surface area (Å²) in [5.41, 5.74) is 0.988. The maximum atomic E-state index is 12.0. The first kappa shape index (κ1) is 15.4. The molecular formula is C14H20O5S. The zero-order valence-electron chi connectivity index (χ0n) is 11.5. The Labute approximate surface area is 119 Å². The molecule has 0 aliphatic carbocycles. The highest BCUT2D eigenvalue weighted by Crippen LogP contribution is 2.20. The van der Waals surface area contributed by atoms with Crippen molar-refractivity contribution in [3.63, 3.8) is 0 Å². The zero-order chi connectivity index (χ0) is 14.6. The molecule has 1 aliphatic rings. The van der Waals surface area contributed by atoms with E-state index in [9.17, 15) is 13.5 Å². The maximum absolute atomic E-state index is 12.0. The molecule has 0 spiro atoms. The van der Waals surface area contributed by atoms with Crippen LogP contribution >= 0.6 is 0 Å². The van der Waals surface area contributed by atoms with Crippen LogP contribution in [0, 0.1) is 12.8 Å². The minimum atomic E-state index is -3.75. The van der Waals surface area contributed by atoms with Crippen LogP contribution in [0.15, 0.2) is 29.2 Å². The molecule has 1 N–H and O–H groups in total. The molecular weight excluding hydrogens is 280 g/mol. The summed E-state index contributed by atoms with van der Waals surface area (Å²) in [4.78, 5) is 0.144. The third-order valence-corrected chi connectivity index (χ3v) is 4.62. The predicted octanol–water partition coefficient (Wildman–Crippen LogP) is 1.49. The van der Waals surface area contributed by atoms with E-state index in [1.165, 1.54) is 12.1 Å². The molecule has 1 heterocycles. The fraction of sp³-hybridized carbons (Fsp3) is 0.571. The molecule has 2 rings (SSSR count). The zero-order valence-corrected chi connectivity index (χ0v) is 12.3. The summed E-state index contributed by atoms with van der Waals surface area (Å²) in [5, 5.41) is 9.25. The van der Waals surface area contributed by atoms with Crippen LogP contribution in [-0.2, 0) is 19.0 Å². The number of epoxide rings is 1. The Bertz CT molecular complexity index is 519. The number of aliphatic hydroxyl groups is 1. The number of hydrogen-bond acceptors (Lipinski definition) is 5. The predicted molar refractivity (Wildman–Crippen MR) is 73.9 cm³/mol. The van der Waals surface area contributed by atoms with E-state index in [4.69, 9.17) is 8.92 Å². The lowest BCUT2D eigenvalue weighted by atomic mass is 10.0. The monoisotopic (exact) mass is 300 g/mol. The molecule has 1 saturated heterocycles. The van der Waals surface area contributed by atoms with Crippen molar-refractivity contribution in [1.29, 1.82) is 0 Å². The van der Waals surface area contributed by atoms with Crippen molar-refractivity contribution in [2.24, 2.45) is 5.92 Å². The van der Waals surface area contributed by atoms with Crippen LogP contribution in [-0.4, -0.2) is 39.4 Å². The quantitative estimate of drug-likeness (QED) is 0.581. The summed E-state index contributed by atoms with van der Waals surface area (Å²) in [6.07, 6.45) is 1.81. The molecule has 0 radical (unpaired) electrons. The van der Waals surface area contributed by atoms with Crippen LogP contribution in [0.25, 0.3) is 0 Å². The van der Waals surface area contributed by atoms with Gasteiger partial charge >= 0.3 is 0 Å². The minimum absolute atomic E-state index is 0.000566. The van der Waals surface area contributed by atoms with Gasteiger partial charge in [0, 0.05) is 12.5 Å². The first-order valence-electron chi connectivity index (χ1n) is 6.70. The minimum Gasteiger partial charge on any atom is -0.396 e. The van der Waals surface area contributed by atoms with Crippen molar-refractivity contribution in [3.05, 3.63) is 29.8 Å². The van der Waals surface area contributed by atoms with E-state index in [1.807, 2.05) is 6.92 Å². The number of rotatable bonds is 8. The number of aryl methyl sites for hydroxylation is 1. The van der Waals surface area contributed by atoms with Crippen LogP contribution in [0.1, 0.15) is 18.4 Å². The van der Waals surface area contributed by atoms with E-state index in [0.29, 0.717) is 6.42 Å². The largest absolute Gasteiger partial charge is 0.396 e. The van der Waals surface area contributed by atoms with Crippen molar-refractivity contribution < 1.29 is 22.4 Å². The van der Waals surface area contributed by atoms with E-state index in [0.717, 1.165) is 18.6 Å². The van der Waals surface area contributed by atoms with Crippen molar-refractivity contribution >= 4 is 10.1 Å². The highest BCUT2D eigenvalue weighted by atomic mass is 32.2. The number of hydrogen-bond donors (Lipinski definition) is 1. The SMILES string of the molecule is Cc1ccc(S(=O)(=O)OC[C@H](CO)CCC2CO2)cc1. The average Bonchev–Trinajstić information content (AvgIpc) is 3.23. The molecule has 112 valence electrons. The average molecular weight is 300 g/mol. The molecule has 2 atom stereocenters. The van der Waals surface area contributed by atoms with Gasteiger partial charge in [0.15, 0.2) is 0 Å². The van der Waals surface area contributed by atoms with E-state index < -0.39 is 10.1 Å². The normalized spacial score (nSPS) is 19.8. The summed E-state index contributed by atoms with van der Waals surface area (Å²) in [6.45, 7) is 2.56. The smallest absolute Gasteiger partial charge is 0.296 e. The molecule has 20 heavy (non-hydrogen) atoms. The fourth-order valence-electron chi connectivity index (χ4n) is 1.84. The highest BCUT2D eigenvalue weighted by molar-refractivity contribution is 7.86. The third-order valence-electron chi connectivity index (χ3n) is 3.33. The van der Waals surface area contributed by atoms with E-state index in [1.54, 1.807) is 12.1 Å². The third kappa shape index (κ3) is 4.56. The van der Waals surface area contributed by atoms with Gasteiger partial charge in [-0.2, -0.15) is 8.42 Å². The first-order valence-corrected chi connectivity index (χ1v) is 8.10. The fourth-order valence-corrected chi connectivity index (χ4v) is 2.82. The van der Waals surface area contributed by atoms with Crippen molar-refractivity contribution in [3.8, 4) is 0 Å². The molecule has 1 aromatic carbocycles. The Kier molecular flexibility index (Phi) is 5.15. The van der Waals surface area contributed by atoms with Gasteiger partial charge in [0.05, 0.1) is 24.2 Å². The first-order chi connectivity index (χ1) is 9.51. The summed E-state index contributed by atoms with van der Waals surface area (Å²) < 4.78 is 34.1. The highest BCUT2D eigenvalue weighted by Gasteiger charge is 2.24. The second-order valence-corrected chi connectivity index (χ2v) is 6.75. The molecule has 1 aliphatic heterocycles. The molecule has 0 saturated carbocycles. The number of aliphatic hydroxyl groups excluding tert-OH is 1. The summed E-state index contributed by atoms with van der Waals surface area (Å²) in [5.74, 6) is -0.181. The van der Waals surface area contributed by atoms with Gasteiger partial charge in [-0.15, -0.1) is 0 Å². The van der Waals surface area contributed by atoms with Gasteiger partial charge in [0.25, 0.3) is 10.1 Å². The van der Waals surface area contributed by atoms with Crippen LogP contribution in [0.5, 0.6) is 0 Å². The Balaban J connectivity index is 1.88. The van der Waals surface area contributed by atoms with Gasteiger partial charge < -0.3 is 9.84 Å². The van der Waals surface area contributed by atoms with Gasteiger partial charge in [-0.05, 0) is 31.9 Å². The standard InChI is InChI=1S/C14H20O5S/c1-11-2-6-14(7-3-11)20(16,17)19-9-12(8-15)4-5-13-10-18-13/h2-3,6-7,12-13,15H,4-5,8-10H2,1H3/t12-,13?/m0/s1. The molecule has 0 amide bonds. The van der Waals surface area contributed by atoms with E-state index >= 15 is 0 Å². The molecule has 1 unspecified atom stereocenters. The molecule has 6 heteroatoms. The number of ether oxygens (including phenoxy) is 1.